The Bertz CT molecular complexity index is 144. The van der Waals surface area contributed by atoms with Crippen LogP contribution in [0.1, 0.15) is 26.2 Å². The summed E-state index contributed by atoms with van der Waals surface area (Å²) in [4.78, 5) is 3.97. The Balaban J connectivity index is 2.04. The molecule has 0 aromatic heterocycles. The van der Waals surface area contributed by atoms with Crippen molar-refractivity contribution in [3.8, 4) is 0 Å². The molecule has 0 radical (unpaired) electrons. The number of nitrogens with zero attached hydrogens (tertiary/aromatic N) is 1. The van der Waals surface area contributed by atoms with E-state index in [1.807, 2.05) is 0 Å². The molecule has 2 nitrogen and oxygen atoms in total. The van der Waals surface area contributed by atoms with Crippen molar-refractivity contribution >= 4 is 6.40 Å². The van der Waals surface area contributed by atoms with Crippen molar-refractivity contribution in [3.63, 3.8) is 0 Å². The second-order valence-electron chi connectivity index (χ2n) is 2.72. The number of unbranched alkanes of at least 4 members (excludes halogenated alkanes) is 2. The van der Waals surface area contributed by atoms with E-state index < -0.39 is 0 Å². The summed E-state index contributed by atoms with van der Waals surface area (Å²) >= 11 is 0. The van der Waals surface area contributed by atoms with E-state index in [4.69, 9.17) is 4.74 Å². The van der Waals surface area contributed by atoms with Crippen molar-refractivity contribution in [2.45, 2.75) is 32.3 Å². The summed E-state index contributed by atoms with van der Waals surface area (Å²) in [7, 11) is 0. The molecule has 1 heterocycles. The Labute approximate surface area is 68.0 Å². The maximum Gasteiger partial charge on any atom is 0.170 e. The monoisotopic (exact) mass is 153 g/mol. The standard InChI is InChI=1S/C9H15NO/c1-2-3-4-5-6-9-7-10-8-11-9/h5-6,8-9H,2-4,7H2,1H3. The van der Waals surface area contributed by atoms with Gasteiger partial charge in [-0.2, -0.15) is 0 Å². The van der Waals surface area contributed by atoms with Crippen LogP contribution in [-0.2, 0) is 4.74 Å². The van der Waals surface area contributed by atoms with E-state index in [0.29, 0.717) is 0 Å². The Morgan fingerprint density at radius 3 is 3.27 bits per heavy atom. The van der Waals surface area contributed by atoms with Crippen LogP contribution in [0.15, 0.2) is 17.1 Å². The number of allylic oxidation sites excluding steroid dienone is 1. The van der Waals surface area contributed by atoms with Crippen LogP contribution in [0.5, 0.6) is 0 Å². The van der Waals surface area contributed by atoms with Crippen LogP contribution in [0.25, 0.3) is 0 Å². The van der Waals surface area contributed by atoms with Gasteiger partial charge < -0.3 is 4.74 Å². The molecule has 2 heteroatoms. The predicted molar refractivity (Wildman–Crippen MR) is 46.9 cm³/mol. The molecule has 1 rings (SSSR count). The maximum absolute atomic E-state index is 5.15. The van der Waals surface area contributed by atoms with Crippen LogP contribution in [0.3, 0.4) is 0 Å². The van der Waals surface area contributed by atoms with Crippen LogP contribution in [0.4, 0.5) is 0 Å². The fourth-order valence-corrected chi connectivity index (χ4v) is 0.987. The quantitative estimate of drug-likeness (QED) is 0.448. The lowest BCUT2D eigenvalue weighted by Crippen LogP contribution is -2.04. The Kier molecular flexibility index (Phi) is 3.73. The zero-order valence-corrected chi connectivity index (χ0v) is 6.99. The number of ether oxygens (including phenoxy) is 1. The van der Waals surface area contributed by atoms with Crippen molar-refractivity contribution in [1.29, 1.82) is 0 Å². The summed E-state index contributed by atoms with van der Waals surface area (Å²) in [6.45, 7) is 2.99. The molecule has 0 saturated heterocycles. The van der Waals surface area contributed by atoms with Gasteiger partial charge in [0, 0.05) is 0 Å². The highest BCUT2D eigenvalue weighted by Crippen LogP contribution is 2.02. The second kappa shape index (κ2) is 4.94. The van der Waals surface area contributed by atoms with Crippen LogP contribution in [0, 0.1) is 0 Å². The van der Waals surface area contributed by atoms with Gasteiger partial charge in [-0.25, -0.2) is 0 Å². The van der Waals surface area contributed by atoms with Gasteiger partial charge in [-0.15, -0.1) is 0 Å². The fraction of sp³-hybridized carbons (Fsp3) is 0.667. The molecule has 0 amide bonds. The first-order chi connectivity index (χ1) is 5.43. The third-order valence-electron chi connectivity index (χ3n) is 1.67. The zero-order chi connectivity index (χ0) is 7.94. The summed E-state index contributed by atoms with van der Waals surface area (Å²) in [5, 5.41) is 0. The van der Waals surface area contributed by atoms with E-state index in [1.165, 1.54) is 19.2 Å². The minimum atomic E-state index is 0.215. The van der Waals surface area contributed by atoms with Gasteiger partial charge in [0.05, 0.1) is 6.54 Å². The molecule has 0 aromatic carbocycles. The normalized spacial score (nSPS) is 22.8. The van der Waals surface area contributed by atoms with Crippen molar-refractivity contribution in [2.24, 2.45) is 4.99 Å². The molecular weight excluding hydrogens is 138 g/mol. The van der Waals surface area contributed by atoms with Crippen LogP contribution >= 0.6 is 0 Å². The lowest BCUT2D eigenvalue weighted by atomic mass is 10.2. The zero-order valence-electron chi connectivity index (χ0n) is 6.99. The molecule has 1 aliphatic rings. The van der Waals surface area contributed by atoms with Gasteiger partial charge in [-0.05, 0) is 12.5 Å². The summed E-state index contributed by atoms with van der Waals surface area (Å²) in [5.74, 6) is 0. The van der Waals surface area contributed by atoms with E-state index in [9.17, 15) is 0 Å². The third kappa shape index (κ3) is 3.21. The fourth-order valence-electron chi connectivity index (χ4n) is 0.987. The molecule has 1 aliphatic heterocycles. The third-order valence-corrected chi connectivity index (χ3v) is 1.67. The highest BCUT2D eigenvalue weighted by Gasteiger charge is 2.06. The minimum absolute atomic E-state index is 0.215. The smallest absolute Gasteiger partial charge is 0.170 e. The van der Waals surface area contributed by atoms with Crippen molar-refractivity contribution in [3.05, 3.63) is 12.2 Å². The molecular formula is C9H15NO. The van der Waals surface area contributed by atoms with Gasteiger partial charge in [0.15, 0.2) is 6.40 Å². The highest BCUT2D eigenvalue weighted by molar-refractivity contribution is 5.49. The van der Waals surface area contributed by atoms with Gasteiger partial charge in [0.25, 0.3) is 0 Å². The summed E-state index contributed by atoms with van der Waals surface area (Å²) in [6.07, 6.45) is 9.72. The second-order valence-corrected chi connectivity index (χ2v) is 2.72. The van der Waals surface area contributed by atoms with E-state index >= 15 is 0 Å². The lowest BCUT2D eigenvalue weighted by Gasteiger charge is -2.00. The molecule has 0 bridgehead atoms. The van der Waals surface area contributed by atoms with E-state index in [2.05, 4.69) is 24.1 Å². The van der Waals surface area contributed by atoms with E-state index in [1.54, 1.807) is 0 Å². The van der Waals surface area contributed by atoms with Gasteiger partial charge in [0.1, 0.15) is 6.10 Å². The SMILES string of the molecule is CCCCC=CC1CN=CO1. The first-order valence-corrected chi connectivity index (χ1v) is 4.24. The number of aliphatic imine (C=N–C) groups is 1. The van der Waals surface area contributed by atoms with Gasteiger partial charge in [0.2, 0.25) is 0 Å². The van der Waals surface area contributed by atoms with Crippen LogP contribution < -0.4 is 0 Å². The average Bonchev–Trinajstić information content (AvgIpc) is 2.50. The number of hydrogen-bond acceptors (Lipinski definition) is 2. The predicted octanol–water partition coefficient (Wildman–Crippen LogP) is 2.16. The summed E-state index contributed by atoms with van der Waals surface area (Å²) in [5.41, 5.74) is 0. The van der Waals surface area contributed by atoms with Crippen LogP contribution in [0.2, 0.25) is 0 Å². The molecule has 0 saturated carbocycles. The molecule has 0 fully saturated rings. The number of rotatable bonds is 4. The Morgan fingerprint density at radius 1 is 1.73 bits per heavy atom. The summed E-state index contributed by atoms with van der Waals surface area (Å²) in [6, 6.07) is 0. The number of hydrogen-bond donors (Lipinski definition) is 0. The molecule has 11 heavy (non-hydrogen) atoms. The van der Waals surface area contributed by atoms with E-state index in [0.717, 1.165) is 13.0 Å². The van der Waals surface area contributed by atoms with Crippen molar-refractivity contribution in [2.75, 3.05) is 6.54 Å². The van der Waals surface area contributed by atoms with Gasteiger partial charge >= 0.3 is 0 Å². The topological polar surface area (TPSA) is 21.6 Å². The summed E-state index contributed by atoms with van der Waals surface area (Å²) < 4.78 is 5.15. The van der Waals surface area contributed by atoms with Crippen molar-refractivity contribution < 1.29 is 4.74 Å². The maximum atomic E-state index is 5.15. The minimum Gasteiger partial charge on any atom is -0.474 e. The van der Waals surface area contributed by atoms with E-state index in [-0.39, 0.29) is 6.10 Å². The molecule has 0 aliphatic carbocycles. The molecule has 1 unspecified atom stereocenters. The first-order valence-electron chi connectivity index (χ1n) is 4.24. The molecule has 1 atom stereocenters. The Hall–Kier alpha value is -0.790. The Morgan fingerprint density at radius 2 is 2.64 bits per heavy atom. The van der Waals surface area contributed by atoms with Gasteiger partial charge in [-0.3, -0.25) is 4.99 Å². The van der Waals surface area contributed by atoms with Crippen LogP contribution in [-0.4, -0.2) is 19.0 Å². The highest BCUT2D eigenvalue weighted by atomic mass is 16.5. The largest absolute Gasteiger partial charge is 0.474 e. The molecule has 0 N–H and O–H groups in total. The molecule has 62 valence electrons. The molecule has 0 spiro atoms. The first kappa shape index (κ1) is 8.31. The van der Waals surface area contributed by atoms with Crippen molar-refractivity contribution in [1.82, 2.24) is 0 Å². The van der Waals surface area contributed by atoms with Gasteiger partial charge in [-0.1, -0.05) is 25.8 Å². The molecule has 0 aromatic rings. The lowest BCUT2D eigenvalue weighted by molar-refractivity contribution is 0.285. The average molecular weight is 153 g/mol.